The van der Waals surface area contributed by atoms with Crippen LogP contribution in [0.3, 0.4) is 0 Å². The summed E-state index contributed by atoms with van der Waals surface area (Å²) >= 11 is 0. The summed E-state index contributed by atoms with van der Waals surface area (Å²) in [7, 11) is 0. The second-order valence-electron chi connectivity index (χ2n) is 4.19. The highest BCUT2D eigenvalue weighted by molar-refractivity contribution is 5.23. The molecule has 0 spiro atoms. The zero-order valence-corrected chi connectivity index (χ0v) is 7.71. The third-order valence-electron chi connectivity index (χ3n) is 3.06. The Bertz CT molecular complexity index is 301. The molecule has 0 bridgehead atoms. The van der Waals surface area contributed by atoms with E-state index in [2.05, 4.69) is 15.5 Å². The van der Waals surface area contributed by atoms with E-state index in [4.69, 9.17) is 0 Å². The molecule has 70 valence electrons. The van der Waals surface area contributed by atoms with Gasteiger partial charge in [0.05, 0.1) is 6.20 Å². The Morgan fingerprint density at radius 1 is 1.38 bits per heavy atom. The van der Waals surface area contributed by atoms with Gasteiger partial charge in [-0.05, 0) is 32.1 Å². The first-order valence-electron chi connectivity index (χ1n) is 5.21. The van der Waals surface area contributed by atoms with Crippen molar-refractivity contribution in [3.8, 4) is 0 Å². The lowest BCUT2D eigenvalue weighted by Gasteiger charge is -2.22. The molecule has 1 heterocycles. The van der Waals surface area contributed by atoms with Crippen molar-refractivity contribution in [2.75, 3.05) is 0 Å². The van der Waals surface area contributed by atoms with Crippen LogP contribution in [0.2, 0.25) is 0 Å². The third kappa shape index (κ3) is 1.37. The molecule has 0 aromatic carbocycles. The predicted molar refractivity (Wildman–Crippen MR) is 50.4 cm³/mol. The lowest BCUT2D eigenvalue weighted by atomic mass is 9.93. The normalized spacial score (nSPS) is 27.2. The second kappa shape index (κ2) is 2.84. The standard InChI is InChI=1S/C10H15N3/c1-2-9(12-7-4-5-7)8-6-11-13-10(8)3-1/h6-7,9,12H,1-5H2,(H,11,13). The number of nitrogens with one attached hydrogen (secondary N) is 2. The molecule has 1 unspecified atom stereocenters. The van der Waals surface area contributed by atoms with E-state index in [-0.39, 0.29) is 0 Å². The van der Waals surface area contributed by atoms with Crippen LogP contribution in [0.4, 0.5) is 0 Å². The van der Waals surface area contributed by atoms with Crippen molar-refractivity contribution in [3.63, 3.8) is 0 Å². The molecule has 1 atom stereocenters. The summed E-state index contributed by atoms with van der Waals surface area (Å²) in [5.74, 6) is 0. The van der Waals surface area contributed by atoms with Crippen molar-refractivity contribution in [1.82, 2.24) is 15.5 Å². The largest absolute Gasteiger partial charge is 0.307 e. The van der Waals surface area contributed by atoms with Gasteiger partial charge in [-0.3, -0.25) is 5.10 Å². The van der Waals surface area contributed by atoms with Crippen molar-refractivity contribution in [2.24, 2.45) is 0 Å². The summed E-state index contributed by atoms with van der Waals surface area (Å²) in [6.45, 7) is 0. The lowest BCUT2D eigenvalue weighted by molar-refractivity contribution is 0.456. The Morgan fingerprint density at radius 3 is 3.15 bits per heavy atom. The van der Waals surface area contributed by atoms with E-state index >= 15 is 0 Å². The molecule has 2 N–H and O–H groups in total. The SMILES string of the molecule is c1n[nH]c2c1C(NC1CC1)CCC2. The number of aromatic nitrogens is 2. The summed E-state index contributed by atoms with van der Waals surface area (Å²) in [6, 6.07) is 1.38. The number of hydrogen-bond donors (Lipinski definition) is 2. The molecule has 0 radical (unpaired) electrons. The number of nitrogens with zero attached hydrogens (tertiary/aromatic N) is 1. The van der Waals surface area contributed by atoms with E-state index < -0.39 is 0 Å². The Morgan fingerprint density at radius 2 is 2.31 bits per heavy atom. The van der Waals surface area contributed by atoms with E-state index in [1.807, 2.05) is 6.20 Å². The summed E-state index contributed by atoms with van der Waals surface area (Å²) in [6.07, 6.45) is 8.47. The molecule has 1 fully saturated rings. The van der Waals surface area contributed by atoms with Gasteiger partial charge in [-0.1, -0.05) is 0 Å². The zero-order chi connectivity index (χ0) is 8.67. The van der Waals surface area contributed by atoms with Crippen molar-refractivity contribution in [3.05, 3.63) is 17.5 Å². The van der Waals surface area contributed by atoms with Crippen LogP contribution in [-0.4, -0.2) is 16.2 Å². The molecule has 2 aliphatic rings. The third-order valence-corrected chi connectivity index (χ3v) is 3.06. The number of H-pyrrole nitrogens is 1. The fourth-order valence-corrected chi connectivity index (χ4v) is 2.17. The van der Waals surface area contributed by atoms with Crippen LogP contribution < -0.4 is 5.32 Å². The van der Waals surface area contributed by atoms with E-state index in [9.17, 15) is 0 Å². The van der Waals surface area contributed by atoms with Gasteiger partial charge in [-0.2, -0.15) is 5.10 Å². The molecule has 3 heteroatoms. The van der Waals surface area contributed by atoms with Gasteiger partial charge in [0.15, 0.2) is 0 Å². The first kappa shape index (κ1) is 7.56. The maximum absolute atomic E-state index is 4.12. The van der Waals surface area contributed by atoms with Gasteiger partial charge in [0, 0.05) is 23.3 Å². The highest BCUT2D eigenvalue weighted by Crippen LogP contribution is 2.31. The first-order chi connectivity index (χ1) is 6.43. The Labute approximate surface area is 77.9 Å². The van der Waals surface area contributed by atoms with Gasteiger partial charge in [0.1, 0.15) is 0 Å². The maximum Gasteiger partial charge on any atom is 0.0538 e. The lowest BCUT2D eigenvalue weighted by Crippen LogP contribution is -2.26. The Hall–Kier alpha value is -0.830. The van der Waals surface area contributed by atoms with Gasteiger partial charge in [-0.25, -0.2) is 0 Å². The summed E-state index contributed by atoms with van der Waals surface area (Å²) in [5, 5.41) is 10.9. The molecule has 1 saturated carbocycles. The first-order valence-corrected chi connectivity index (χ1v) is 5.21. The van der Waals surface area contributed by atoms with Gasteiger partial charge in [0.25, 0.3) is 0 Å². The predicted octanol–water partition coefficient (Wildman–Crippen LogP) is 1.54. The highest BCUT2D eigenvalue weighted by atomic mass is 15.1. The average molecular weight is 177 g/mol. The number of aromatic amines is 1. The Balaban J connectivity index is 1.81. The van der Waals surface area contributed by atoms with Gasteiger partial charge in [-0.15, -0.1) is 0 Å². The fourth-order valence-electron chi connectivity index (χ4n) is 2.17. The van der Waals surface area contributed by atoms with Gasteiger partial charge < -0.3 is 5.32 Å². The minimum absolute atomic E-state index is 0.579. The zero-order valence-electron chi connectivity index (χ0n) is 7.71. The number of fused-ring (bicyclic) bond motifs is 1. The van der Waals surface area contributed by atoms with E-state index in [0.717, 1.165) is 6.04 Å². The van der Waals surface area contributed by atoms with Crippen LogP contribution in [0.15, 0.2) is 6.20 Å². The Kier molecular flexibility index (Phi) is 1.65. The van der Waals surface area contributed by atoms with Crippen LogP contribution in [0.25, 0.3) is 0 Å². The van der Waals surface area contributed by atoms with Crippen LogP contribution in [0.1, 0.15) is 43.0 Å². The molecular weight excluding hydrogens is 162 g/mol. The van der Waals surface area contributed by atoms with Crippen LogP contribution in [0, 0.1) is 0 Å². The van der Waals surface area contributed by atoms with Crippen molar-refractivity contribution in [2.45, 2.75) is 44.2 Å². The van der Waals surface area contributed by atoms with Crippen LogP contribution >= 0.6 is 0 Å². The second-order valence-corrected chi connectivity index (χ2v) is 4.19. The monoisotopic (exact) mass is 177 g/mol. The molecule has 1 aromatic heterocycles. The molecule has 3 nitrogen and oxygen atoms in total. The van der Waals surface area contributed by atoms with Crippen LogP contribution in [0.5, 0.6) is 0 Å². The van der Waals surface area contributed by atoms with E-state index in [1.165, 1.54) is 43.4 Å². The number of rotatable bonds is 2. The van der Waals surface area contributed by atoms with E-state index in [1.54, 1.807) is 0 Å². The highest BCUT2D eigenvalue weighted by Gasteiger charge is 2.28. The summed E-state index contributed by atoms with van der Waals surface area (Å²) in [4.78, 5) is 0. The van der Waals surface area contributed by atoms with Gasteiger partial charge in [0.2, 0.25) is 0 Å². The molecular formula is C10H15N3. The van der Waals surface area contributed by atoms with Crippen molar-refractivity contribution in [1.29, 1.82) is 0 Å². The van der Waals surface area contributed by atoms with Crippen LogP contribution in [-0.2, 0) is 6.42 Å². The minimum atomic E-state index is 0.579. The molecule has 0 aliphatic heterocycles. The topological polar surface area (TPSA) is 40.7 Å². The quantitative estimate of drug-likeness (QED) is 0.719. The van der Waals surface area contributed by atoms with Crippen molar-refractivity contribution < 1.29 is 0 Å². The van der Waals surface area contributed by atoms with E-state index in [0.29, 0.717) is 6.04 Å². The molecule has 2 aliphatic carbocycles. The molecule has 1 aromatic rings. The van der Waals surface area contributed by atoms with Crippen molar-refractivity contribution >= 4 is 0 Å². The fraction of sp³-hybridized carbons (Fsp3) is 0.700. The van der Waals surface area contributed by atoms with Gasteiger partial charge >= 0.3 is 0 Å². The smallest absolute Gasteiger partial charge is 0.0538 e. The molecule has 0 saturated heterocycles. The number of hydrogen-bond acceptors (Lipinski definition) is 2. The minimum Gasteiger partial charge on any atom is -0.307 e. The summed E-state index contributed by atoms with van der Waals surface area (Å²) < 4.78 is 0. The molecule has 3 rings (SSSR count). The molecule has 13 heavy (non-hydrogen) atoms. The average Bonchev–Trinajstić information content (AvgIpc) is 2.83. The number of aryl methyl sites for hydroxylation is 1. The summed E-state index contributed by atoms with van der Waals surface area (Å²) in [5.41, 5.74) is 2.77. The maximum atomic E-state index is 4.12. The molecule has 0 amide bonds.